The second kappa shape index (κ2) is 9.07. The predicted octanol–water partition coefficient (Wildman–Crippen LogP) is 3.32. The maximum absolute atomic E-state index is 12.4. The summed E-state index contributed by atoms with van der Waals surface area (Å²) in [5.41, 5.74) is 0.536. The van der Waals surface area contributed by atoms with Crippen molar-refractivity contribution in [2.24, 2.45) is 0 Å². The van der Waals surface area contributed by atoms with Crippen LogP contribution in [0.25, 0.3) is 0 Å². The van der Waals surface area contributed by atoms with E-state index in [1.807, 2.05) is 0 Å². The SMILES string of the molecule is CC(C)(C)OC(=O)Nc1ccc(C(=O)NCCc2nnc3n2CCCCC3)cc1. The van der Waals surface area contributed by atoms with E-state index >= 15 is 0 Å². The van der Waals surface area contributed by atoms with Gasteiger partial charge in [-0.1, -0.05) is 6.42 Å². The fraction of sp³-hybridized carbons (Fsp3) is 0.524. The Kier molecular flexibility index (Phi) is 6.51. The summed E-state index contributed by atoms with van der Waals surface area (Å²) in [6.45, 7) is 6.86. The van der Waals surface area contributed by atoms with Crippen LogP contribution in [-0.4, -0.2) is 38.9 Å². The van der Waals surface area contributed by atoms with Crippen LogP contribution in [0.3, 0.4) is 0 Å². The van der Waals surface area contributed by atoms with Crippen LogP contribution in [0.4, 0.5) is 10.5 Å². The Bertz CT molecular complexity index is 852. The van der Waals surface area contributed by atoms with E-state index in [-0.39, 0.29) is 5.91 Å². The highest BCUT2D eigenvalue weighted by atomic mass is 16.6. The normalized spacial score (nSPS) is 13.9. The molecule has 0 saturated heterocycles. The van der Waals surface area contributed by atoms with E-state index in [2.05, 4.69) is 25.4 Å². The van der Waals surface area contributed by atoms with Crippen LogP contribution in [-0.2, 0) is 24.1 Å². The average molecular weight is 399 g/mol. The minimum atomic E-state index is -0.563. The number of amides is 2. The Morgan fingerprint density at radius 2 is 1.86 bits per heavy atom. The van der Waals surface area contributed by atoms with Gasteiger partial charge in [-0.25, -0.2) is 4.79 Å². The number of fused-ring (bicyclic) bond motifs is 1. The van der Waals surface area contributed by atoms with Gasteiger partial charge in [0, 0.05) is 37.2 Å². The molecule has 2 heterocycles. The molecule has 8 nitrogen and oxygen atoms in total. The topological polar surface area (TPSA) is 98.1 Å². The van der Waals surface area contributed by atoms with Crippen molar-refractivity contribution in [1.29, 1.82) is 0 Å². The van der Waals surface area contributed by atoms with Crippen molar-refractivity contribution in [3.05, 3.63) is 41.5 Å². The molecule has 156 valence electrons. The molecular weight excluding hydrogens is 370 g/mol. The first kappa shape index (κ1) is 20.8. The quantitative estimate of drug-likeness (QED) is 0.804. The first-order valence-corrected chi connectivity index (χ1v) is 10.1. The predicted molar refractivity (Wildman–Crippen MR) is 110 cm³/mol. The molecule has 0 fully saturated rings. The molecule has 0 saturated carbocycles. The molecule has 29 heavy (non-hydrogen) atoms. The van der Waals surface area contributed by atoms with E-state index < -0.39 is 11.7 Å². The molecule has 0 atom stereocenters. The lowest BCUT2D eigenvalue weighted by Crippen LogP contribution is -2.27. The molecule has 1 aliphatic rings. The van der Waals surface area contributed by atoms with Gasteiger partial charge in [-0.2, -0.15) is 0 Å². The van der Waals surface area contributed by atoms with E-state index in [1.165, 1.54) is 6.42 Å². The lowest BCUT2D eigenvalue weighted by molar-refractivity contribution is 0.0635. The van der Waals surface area contributed by atoms with Crippen molar-refractivity contribution in [3.8, 4) is 0 Å². The number of hydrogen-bond acceptors (Lipinski definition) is 5. The van der Waals surface area contributed by atoms with Gasteiger partial charge in [0.15, 0.2) is 0 Å². The van der Waals surface area contributed by atoms with Gasteiger partial charge in [-0.3, -0.25) is 10.1 Å². The van der Waals surface area contributed by atoms with Crippen molar-refractivity contribution in [2.45, 2.75) is 65.0 Å². The van der Waals surface area contributed by atoms with Gasteiger partial charge >= 0.3 is 6.09 Å². The first-order chi connectivity index (χ1) is 13.8. The Morgan fingerprint density at radius 3 is 2.59 bits per heavy atom. The molecule has 8 heteroatoms. The zero-order chi connectivity index (χ0) is 20.9. The largest absolute Gasteiger partial charge is 0.444 e. The van der Waals surface area contributed by atoms with Crippen LogP contribution < -0.4 is 10.6 Å². The van der Waals surface area contributed by atoms with E-state index in [0.717, 1.165) is 37.5 Å². The van der Waals surface area contributed by atoms with Crippen LogP contribution in [0.5, 0.6) is 0 Å². The molecule has 0 bridgehead atoms. The summed E-state index contributed by atoms with van der Waals surface area (Å²) >= 11 is 0. The second-order valence-electron chi connectivity index (χ2n) is 8.20. The number of aromatic nitrogens is 3. The minimum Gasteiger partial charge on any atom is -0.444 e. The number of anilines is 1. The summed E-state index contributed by atoms with van der Waals surface area (Å²) in [5, 5.41) is 14.1. The van der Waals surface area contributed by atoms with Crippen LogP contribution in [0.2, 0.25) is 0 Å². The van der Waals surface area contributed by atoms with Crippen LogP contribution in [0.15, 0.2) is 24.3 Å². The number of rotatable bonds is 5. The highest BCUT2D eigenvalue weighted by molar-refractivity contribution is 5.95. The maximum Gasteiger partial charge on any atom is 0.412 e. The van der Waals surface area contributed by atoms with E-state index in [1.54, 1.807) is 45.0 Å². The summed E-state index contributed by atoms with van der Waals surface area (Å²) in [6, 6.07) is 6.70. The smallest absolute Gasteiger partial charge is 0.412 e. The number of ether oxygens (including phenoxy) is 1. The van der Waals surface area contributed by atoms with Gasteiger partial charge in [-0.05, 0) is 57.9 Å². The minimum absolute atomic E-state index is 0.163. The van der Waals surface area contributed by atoms with Crippen molar-refractivity contribution in [2.75, 3.05) is 11.9 Å². The molecule has 0 unspecified atom stereocenters. The number of benzene rings is 1. The summed E-state index contributed by atoms with van der Waals surface area (Å²) in [6.07, 6.45) is 4.63. The summed E-state index contributed by atoms with van der Waals surface area (Å²) in [5.74, 6) is 1.82. The molecule has 1 aromatic heterocycles. The number of nitrogens with zero attached hydrogens (tertiary/aromatic N) is 3. The fourth-order valence-corrected chi connectivity index (χ4v) is 3.25. The second-order valence-corrected chi connectivity index (χ2v) is 8.20. The van der Waals surface area contributed by atoms with Crippen LogP contribution in [0.1, 0.15) is 62.0 Å². The lowest BCUT2D eigenvalue weighted by atomic mass is 10.2. The average Bonchev–Trinajstić information content (AvgIpc) is 2.87. The molecule has 3 rings (SSSR count). The van der Waals surface area contributed by atoms with E-state index in [4.69, 9.17) is 4.74 Å². The van der Waals surface area contributed by atoms with Gasteiger partial charge in [0.05, 0.1) is 0 Å². The Morgan fingerprint density at radius 1 is 1.10 bits per heavy atom. The highest BCUT2D eigenvalue weighted by Crippen LogP contribution is 2.15. The zero-order valence-electron chi connectivity index (χ0n) is 17.3. The fourth-order valence-electron chi connectivity index (χ4n) is 3.25. The van der Waals surface area contributed by atoms with Crippen molar-refractivity contribution in [1.82, 2.24) is 20.1 Å². The van der Waals surface area contributed by atoms with Crippen LogP contribution in [0, 0.1) is 0 Å². The zero-order valence-corrected chi connectivity index (χ0v) is 17.3. The third-order valence-corrected chi connectivity index (χ3v) is 4.61. The Labute approximate surface area is 171 Å². The number of aryl methyl sites for hydroxylation is 1. The lowest BCUT2D eigenvalue weighted by Gasteiger charge is -2.19. The number of carbonyl (C=O) groups excluding carboxylic acids is 2. The number of nitrogens with one attached hydrogen (secondary N) is 2. The molecule has 0 radical (unpaired) electrons. The summed E-state index contributed by atoms with van der Waals surface area (Å²) in [4.78, 5) is 24.2. The monoisotopic (exact) mass is 399 g/mol. The van der Waals surface area contributed by atoms with Crippen LogP contribution >= 0.6 is 0 Å². The van der Waals surface area contributed by atoms with Crippen molar-refractivity contribution < 1.29 is 14.3 Å². The standard InChI is InChI=1S/C21H29N5O3/c1-21(2,3)29-20(28)23-16-10-8-15(9-11-16)19(27)22-13-12-18-25-24-17-7-5-4-6-14-26(17)18/h8-11H,4-7,12-14H2,1-3H3,(H,22,27)(H,23,28). The van der Waals surface area contributed by atoms with Gasteiger partial charge < -0.3 is 14.6 Å². The molecule has 2 N–H and O–H groups in total. The summed E-state index contributed by atoms with van der Waals surface area (Å²) < 4.78 is 7.40. The third kappa shape index (κ3) is 6.04. The molecule has 1 aromatic carbocycles. The molecule has 1 aliphatic heterocycles. The molecule has 0 aliphatic carbocycles. The van der Waals surface area contributed by atoms with E-state index in [0.29, 0.717) is 24.2 Å². The first-order valence-electron chi connectivity index (χ1n) is 10.1. The van der Waals surface area contributed by atoms with Gasteiger partial charge in [0.25, 0.3) is 5.91 Å². The number of hydrogen-bond donors (Lipinski definition) is 2. The summed E-state index contributed by atoms with van der Waals surface area (Å²) in [7, 11) is 0. The third-order valence-electron chi connectivity index (χ3n) is 4.61. The van der Waals surface area contributed by atoms with Crippen molar-refractivity contribution in [3.63, 3.8) is 0 Å². The Hall–Kier alpha value is -2.90. The molecule has 2 amide bonds. The Balaban J connectivity index is 1.49. The van der Waals surface area contributed by atoms with Gasteiger partial charge in [0.1, 0.15) is 17.2 Å². The highest BCUT2D eigenvalue weighted by Gasteiger charge is 2.17. The molecular formula is C21H29N5O3. The van der Waals surface area contributed by atoms with Crippen molar-refractivity contribution >= 4 is 17.7 Å². The van der Waals surface area contributed by atoms with Gasteiger partial charge in [-0.15, -0.1) is 10.2 Å². The molecule has 2 aromatic rings. The number of carbonyl (C=O) groups is 2. The molecule has 0 spiro atoms. The van der Waals surface area contributed by atoms with Gasteiger partial charge in [0.2, 0.25) is 0 Å². The maximum atomic E-state index is 12.4. The van der Waals surface area contributed by atoms with E-state index in [9.17, 15) is 9.59 Å².